The number of rotatable bonds is 5. The smallest absolute Gasteiger partial charge is 0.323 e. The molecule has 2 aromatic rings. The molecule has 1 unspecified atom stereocenters. The van der Waals surface area contributed by atoms with Crippen molar-refractivity contribution >= 4 is 17.8 Å². The Morgan fingerprint density at radius 3 is 2.39 bits per heavy atom. The van der Waals surface area contributed by atoms with E-state index in [1.54, 1.807) is 34.3 Å². The summed E-state index contributed by atoms with van der Waals surface area (Å²) in [6, 6.07) is 7.05. The zero-order valence-electron chi connectivity index (χ0n) is 15.7. The van der Waals surface area contributed by atoms with Gasteiger partial charge in [0.1, 0.15) is 19.2 Å². The third kappa shape index (κ3) is 4.54. The lowest BCUT2D eigenvalue weighted by molar-refractivity contribution is -0.145. The highest BCUT2D eigenvalue weighted by Crippen LogP contribution is 2.19. The molecule has 9 heteroatoms. The van der Waals surface area contributed by atoms with Gasteiger partial charge < -0.3 is 14.9 Å². The van der Waals surface area contributed by atoms with Crippen LogP contribution in [0.3, 0.4) is 0 Å². The lowest BCUT2D eigenvalue weighted by Gasteiger charge is -2.28. The van der Waals surface area contributed by atoms with Crippen molar-refractivity contribution in [3.8, 4) is 5.69 Å². The fourth-order valence-corrected chi connectivity index (χ4v) is 3.53. The van der Waals surface area contributed by atoms with Crippen LogP contribution in [0.1, 0.15) is 36.5 Å². The maximum absolute atomic E-state index is 12.9. The van der Waals surface area contributed by atoms with Crippen LogP contribution in [0, 0.1) is 0 Å². The van der Waals surface area contributed by atoms with Crippen molar-refractivity contribution < 1.29 is 19.5 Å². The molecule has 28 heavy (non-hydrogen) atoms. The van der Waals surface area contributed by atoms with E-state index in [0.29, 0.717) is 31.5 Å². The zero-order chi connectivity index (χ0) is 20.1. The van der Waals surface area contributed by atoms with Crippen molar-refractivity contribution in [3.63, 3.8) is 0 Å². The predicted octanol–water partition coefficient (Wildman–Crippen LogP) is 1.20. The summed E-state index contributed by atoms with van der Waals surface area (Å²) < 4.78 is 1.75. The maximum atomic E-state index is 12.9. The van der Waals surface area contributed by atoms with Gasteiger partial charge in [0.25, 0.3) is 5.91 Å². The number of likely N-dealkylation sites (tertiary alicyclic amines) is 1. The van der Waals surface area contributed by atoms with Crippen molar-refractivity contribution in [1.29, 1.82) is 0 Å². The molecule has 0 radical (unpaired) electrons. The molecule has 1 aliphatic rings. The first kappa shape index (κ1) is 19.5. The summed E-state index contributed by atoms with van der Waals surface area (Å²) in [6.07, 6.45) is 5.15. The first-order chi connectivity index (χ1) is 13.5. The second-order valence-electron chi connectivity index (χ2n) is 6.83. The van der Waals surface area contributed by atoms with Crippen LogP contribution in [-0.4, -0.2) is 73.1 Å². The van der Waals surface area contributed by atoms with Crippen molar-refractivity contribution in [3.05, 3.63) is 42.5 Å². The molecule has 1 aromatic carbocycles. The second kappa shape index (κ2) is 8.64. The minimum absolute atomic E-state index is 0.0661. The maximum Gasteiger partial charge on any atom is 0.323 e. The molecule has 0 bridgehead atoms. The van der Waals surface area contributed by atoms with Gasteiger partial charge in [-0.2, -0.15) is 0 Å². The van der Waals surface area contributed by atoms with Gasteiger partial charge in [-0.25, -0.2) is 0 Å². The number of carboxylic acid groups (broad SMARTS) is 1. The molecule has 2 amide bonds. The Bertz CT molecular complexity index is 835. The van der Waals surface area contributed by atoms with Crippen LogP contribution in [0.25, 0.3) is 5.69 Å². The number of carboxylic acids is 1. The lowest BCUT2D eigenvalue weighted by Crippen LogP contribution is -2.43. The molecule has 3 rings (SSSR count). The van der Waals surface area contributed by atoms with Crippen molar-refractivity contribution in [1.82, 2.24) is 24.6 Å². The monoisotopic (exact) mass is 385 g/mol. The fourth-order valence-electron chi connectivity index (χ4n) is 3.53. The summed E-state index contributed by atoms with van der Waals surface area (Å²) in [7, 11) is 0. The summed E-state index contributed by atoms with van der Waals surface area (Å²) in [5.74, 6) is -1.35. The Morgan fingerprint density at radius 2 is 1.79 bits per heavy atom. The van der Waals surface area contributed by atoms with Crippen LogP contribution < -0.4 is 0 Å². The van der Waals surface area contributed by atoms with Gasteiger partial charge >= 0.3 is 5.97 Å². The van der Waals surface area contributed by atoms with E-state index in [-0.39, 0.29) is 24.4 Å². The van der Waals surface area contributed by atoms with Crippen LogP contribution in [0.4, 0.5) is 0 Å². The van der Waals surface area contributed by atoms with Crippen LogP contribution in [-0.2, 0) is 9.59 Å². The van der Waals surface area contributed by atoms with Gasteiger partial charge in [-0.05, 0) is 43.5 Å². The molecule has 0 saturated carbocycles. The van der Waals surface area contributed by atoms with Gasteiger partial charge in [-0.3, -0.25) is 19.0 Å². The number of nitrogens with zero attached hydrogens (tertiary/aromatic N) is 5. The van der Waals surface area contributed by atoms with E-state index in [4.69, 9.17) is 5.11 Å². The van der Waals surface area contributed by atoms with E-state index in [1.807, 2.05) is 12.1 Å². The van der Waals surface area contributed by atoms with Gasteiger partial charge in [0.05, 0.1) is 0 Å². The Kier molecular flexibility index (Phi) is 6.03. The lowest BCUT2D eigenvalue weighted by atomic mass is 10.1. The highest BCUT2D eigenvalue weighted by atomic mass is 16.4. The summed E-state index contributed by atoms with van der Waals surface area (Å²) in [5.41, 5.74) is 1.45. The first-order valence-electron chi connectivity index (χ1n) is 9.19. The minimum Gasteiger partial charge on any atom is -0.480 e. The summed E-state index contributed by atoms with van der Waals surface area (Å²) in [5, 5.41) is 16.6. The van der Waals surface area contributed by atoms with Crippen LogP contribution in [0.2, 0.25) is 0 Å². The van der Waals surface area contributed by atoms with Crippen molar-refractivity contribution in [2.24, 2.45) is 0 Å². The molecule has 1 fully saturated rings. The van der Waals surface area contributed by atoms with Crippen molar-refractivity contribution in [2.75, 3.05) is 19.6 Å². The Hall–Kier alpha value is -3.23. The second-order valence-corrected chi connectivity index (χ2v) is 6.83. The largest absolute Gasteiger partial charge is 0.480 e. The zero-order valence-corrected chi connectivity index (χ0v) is 15.7. The van der Waals surface area contributed by atoms with E-state index in [0.717, 1.165) is 12.1 Å². The number of aromatic nitrogens is 3. The average Bonchev–Trinajstić information content (AvgIpc) is 3.10. The Labute approximate surface area is 162 Å². The molecule has 0 spiro atoms. The normalized spacial score (nSPS) is 17.0. The molecule has 1 N–H and O–H groups in total. The molecule has 2 heterocycles. The average molecular weight is 385 g/mol. The third-order valence-corrected chi connectivity index (χ3v) is 4.97. The molecular weight excluding hydrogens is 362 g/mol. The number of benzene rings is 1. The molecule has 1 saturated heterocycles. The Balaban J connectivity index is 1.65. The quantitative estimate of drug-likeness (QED) is 0.828. The van der Waals surface area contributed by atoms with E-state index in [2.05, 4.69) is 10.2 Å². The third-order valence-electron chi connectivity index (χ3n) is 4.97. The van der Waals surface area contributed by atoms with Crippen LogP contribution in [0.5, 0.6) is 0 Å². The van der Waals surface area contributed by atoms with E-state index in [9.17, 15) is 14.4 Å². The topological polar surface area (TPSA) is 109 Å². The Morgan fingerprint density at radius 1 is 1.11 bits per heavy atom. The molecule has 1 aliphatic heterocycles. The van der Waals surface area contributed by atoms with Gasteiger partial charge in [0, 0.05) is 37.3 Å². The minimum atomic E-state index is -1.03. The van der Waals surface area contributed by atoms with E-state index in [1.165, 1.54) is 11.8 Å². The number of hydrogen-bond acceptors (Lipinski definition) is 5. The fraction of sp³-hybridized carbons (Fsp3) is 0.421. The summed E-state index contributed by atoms with van der Waals surface area (Å²) >= 11 is 0. The summed E-state index contributed by atoms with van der Waals surface area (Å²) in [4.78, 5) is 38.9. The number of carbonyl (C=O) groups is 3. The van der Waals surface area contributed by atoms with E-state index >= 15 is 0 Å². The van der Waals surface area contributed by atoms with Gasteiger partial charge in [-0.15, -0.1) is 10.2 Å². The molecule has 148 valence electrons. The molecular formula is C19H23N5O4. The SMILES string of the molecule is CC(=O)N(CC(=O)O)C1CCCN(C(=O)c2ccc(-n3cnnc3)cc2)CC1. The van der Waals surface area contributed by atoms with Crippen LogP contribution in [0.15, 0.2) is 36.9 Å². The predicted molar refractivity (Wildman–Crippen MR) is 99.9 cm³/mol. The van der Waals surface area contributed by atoms with E-state index < -0.39 is 5.97 Å². The number of carbonyl (C=O) groups excluding carboxylic acids is 2. The first-order valence-corrected chi connectivity index (χ1v) is 9.19. The molecule has 1 aromatic heterocycles. The molecule has 9 nitrogen and oxygen atoms in total. The molecule has 0 aliphatic carbocycles. The van der Waals surface area contributed by atoms with Gasteiger partial charge in [0.15, 0.2) is 0 Å². The highest BCUT2D eigenvalue weighted by molar-refractivity contribution is 5.94. The van der Waals surface area contributed by atoms with Crippen molar-refractivity contribution in [2.45, 2.75) is 32.2 Å². The number of aliphatic carboxylic acids is 1. The van der Waals surface area contributed by atoms with Gasteiger partial charge in [0.2, 0.25) is 5.91 Å². The van der Waals surface area contributed by atoms with Crippen LogP contribution >= 0.6 is 0 Å². The standard InChI is InChI=1S/C19H23N5O4/c1-14(25)24(11-18(26)27)17-3-2-9-22(10-8-17)19(28)15-4-6-16(7-5-15)23-12-20-21-13-23/h4-7,12-13,17H,2-3,8-11H2,1H3,(H,26,27). The molecule has 1 atom stereocenters. The highest BCUT2D eigenvalue weighted by Gasteiger charge is 2.27. The number of hydrogen-bond donors (Lipinski definition) is 1. The van der Waals surface area contributed by atoms with Gasteiger partial charge in [-0.1, -0.05) is 0 Å². The summed E-state index contributed by atoms with van der Waals surface area (Å²) in [6.45, 7) is 2.15. The number of amides is 2.